The van der Waals surface area contributed by atoms with Gasteiger partial charge in [-0.15, -0.1) is 0 Å². The van der Waals surface area contributed by atoms with Crippen molar-refractivity contribution < 1.29 is 26.7 Å². The highest BCUT2D eigenvalue weighted by Crippen LogP contribution is 2.37. The summed E-state index contributed by atoms with van der Waals surface area (Å²) in [6, 6.07) is 9.61. The molecule has 3 aromatic rings. The highest BCUT2D eigenvalue weighted by Gasteiger charge is 2.36. The van der Waals surface area contributed by atoms with Crippen LogP contribution in [0.15, 0.2) is 53.5 Å². The lowest BCUT2D eigenvalue weighted by molar-refractivity contribution is -0.138. The number of nitrogens with zero attached hydrogens (tertiary/aromatic N) is 4. The molecule has 2 fully saturated rings. The Balaban J connectivity index is 1.44. The fourth-order valence-corrected chi connectivity index (χ4v) is 5.84. The summed E-state index contributed by atoms with van der Waals surface area (Å²) in [4.78, 5) is 35.2. The second-order valence-electron chi connectivity index (χ2n) is 11.6. The minimum absolute atomic E-state index is 0.0928. The van der Waals surface area contributed by atoms with Gasteiger partial charge in [0.15, 0.2) is 0 Å². The lowest BCUT2D eigenvalue weighted by atomic mass is 10.1. The van der Waals surface area contributed by atoms with E-state index in [9.17, 15) is 27.2 Å². The lowest BCUT2D eigenvalue weighted by Gasteiger charge is -2.44. The number of aromatic nitrogens is 1. The summed E-state index contributed by atoms with van der Waals surface area (Å²) in [5, 5.41) is 2.60. The zero-order chi connectivity index (χ0) is 31.8. The molecule has 8 nitrogen and oxygen atoms in total. The molecule has 1 aromatic heterocycles. The Bertz CT molecular complexity index is 1540. The standard InChI is InChI=1S/C31H35F5N6O2/c1-19-16-42(17-20(2)39(19)3)28-13-25(33)27(41-10-8-40(9-11-41)18-21-4-6-22(32)7-5-21)14-26(28)38-30(44)23-15-37-29(43)12-24(23)31(34,35)36/h4-7,12-15,19-20H,8-11,16-18H2,1-3H3,(H,37,43)(H,38,44). The maximum atomic E-state index is 15.8. The summed E-state index contributed by atoms with van der Waals surface area (Å²) >= 11 is 0. The first kappa shape index (κ1) is 31.5. The van der Waals surface area contributed by atoms with Gasteiger partial charge in [0.25, 0.3) is 5.91 Å². The van der Waals surface area contributed by atoms with Crippen molar-refractivity contribution in [2.45, 2.75) is 38.7 Å². The van der Waals surface area contributed by atoms with Crippen molar-refractivity contribution in [2.75, 3.05) is 61.4 Å². The van der Waals surface area contributed by atoms with Gasteiger partial charge >= 0.3 is 6.18 Å². The van der Waals surface area contributed by atoms with Crippen molar-refractivity contribution in [1.29, 1.82) is 0 Å². The number of anilines is 3. The van der Waals surface area contributed by atoms with Crippen molar-refractivity contribution in [2.24, 2.45) is 0 Å². The van der Waals surface area contributed by atoms with E-state index < -0.39 is 34.6 Å². The van der Waals surface area contributed by atoms with E-state index >= 15 is 4.39 Å². The molecule has 1 amide bonds. The zero-order valence-corrected chi connectivity index (χ0v) is 24.7. The number of rotatable bonds is 6. The van der Waals surface area contributed by atoms with Gasteiger partial charge in [-0.25, -0.2) is 8.78 Å². The maximum Gasteiger partial charge on any atom is 0.417 e. The monoisotopic (exact) mass is 618 g/mol. The van der Waals surface area contributed by atoms with Gasteiger partial charge in [0, 0.05) is 76.2 Å². The Kier molecular flexibility index (Phi) is 8.98. The van der Waals surface area contributed by atoms with Crippen LogP contribution in [0, 0.1) is 11.6 Å². The van der Waals surface area contributed by atoms with Crippen molar-refractivity contribution in [3.63, 3.8) is 0 Å². The molecule has 2 atom stereocenters. The fraction of sp³-hybridized carbons (Fsp3) is 0.419. The van der Waals surface area contributed by atoms with E-state index in [-0.39, 0.29) is 29.3 Å². The summed E-state index contributed by atoms with van der Waals surface area (Å²) < 4.78 is 70.3. The number of carbonyl (C=O) groups is 1. The SMILES string of the molecule is CC1CN(c2cc(F)c(N3CCN(Cc4ccc(F)cc4)CC3)cc2NC(=O)c2c[nH]c(=O)cc2C(F)(F)F)CC(C)N1C. The van der Waals surface area contributed by atoms with E-state index in [1.54, 1.807) is 12.1 Å². The van der Waals surface area contributed by atoms with Gasteiger partial charge in [0.1, 0.15) is 11.6 Å². The van der Waals surface area contributed by atoms with Gasteiger partial charge in [-0.05, 0) is 44.7 Å². The third-order valence-electron chi connectivity index (χ3n) is 8.52. The molecule has 2 aliphatic rings. The number of nitrogens with one attached hydrogen (secondary N) is 2. The number of likely N-dealkylation sites (N-methyl/N-ethyl adjacent to an activating group) is 1. The highest BCUT2D eigenvalue weighted by molar-refractivity contribution is 6.07. The van der Waals surface area contributed by atoms with Gasteiger partial charge in [0.2, 0.25) is 5.56 Å². The van der Waals surface area contributed by atoms with E-state index in [0.29, 0.717) is 57.6 Å². The number of aromatic amines is 1. The smallest absolute Gasteiger partial charge is 0.367 e. The van der Waals surface area contributed by atoms with Gasteiger partial charge in [-0.1, -0.05) is 12.1 Å². The van der Waals surface area contributed by atoms with Crippen molar-refractivity contribution in [3.8, 4) is 0 Å². The minimum atomic E-state index is -4.94. The molecule has 2 aromatic carbocycles. The maximum absolute atomic E-state index is 15.8. The van der Waals surface area contributed by atoms with Crippen LogP contribution < -0.4 is 20.7 Å². The van der Waals surface area contributed by atoms with Crippen LogP contribution in [0.25, 0.3) is 0 Å². The first-order valence-electron chi connectivity index (χ1n) is 14.4. The molecule has 2 unspecified atom stereocenters. The molecule has 13 heteroatoms. The summed E-state index contributed by atoms with van der Waals surface area (Å²) in [6.45, 7) is 7.79. The second kappa shape index (κ2) is 12.6. The Labute approximate surface area is 252 Å². The van der Waals surface area contributed by atoms with Crippen LogP contribution in [-0.2, 0) is 12.7 Å². The molecule has 0 radical (unpaired) electrons. The van der Waals surface area contributed by atoms with Crippen LogP contribution in [0.2, 0.25) is 0 Å². The van der Waals surface area contributed by atoms with Gasteiger partial charge in [-0.2, -0.15) is 13.2 Å². The minimum Gasteiger partial charge on any atom is -0.367 e. The molecular weight excluding hydrogens is 583 g/mol. The van der Waals surface area contributed by atoms with Crippen molar-refractivity contribution in [1.82, 2.24) is 14.8 Å². The van der Waals surface area contributed by atoms with Gasteiger partial charge < -0.3 is 20.1 Å². The molecule has 3 heterocycles. The molecule has 2 aliphatic heterocycles. The largest absolute Gasteiger partial charge is 0.417 e. The number of benzene rings is 2. The molecular formula is C31H35F5N6O2. The number of piperazine rings is 2. The molecule has 0 saturated carbocycles. The zero-order valence-electron chi connectivity index (χ0n) is 24.7. The van der Waals surface area contributed by atoms with Gasteiger partial charge in [0.05, 0.1) is 28.2 Å². The first-order valence-corrected chi connectivity index (χ1v) is 14.4. The molecule has 0 aliphatic carbocycles. The summed E-state index contributed by atoms with van der Waals surface area (Å²) in [5.74, 6) is -1.90. The Hall–Kier alpha value is -3.97. The van der Waals surface area contributed by atoms with E-state index in [1.807, 2.05) is 30.7 Å². The molecule has 236 valence electrons. The van der Waals surface area contributed by atoms with Crippen LogP contribution in [-0.4, -0.2) is 79.1 Å². The summed E-state index contributed by atoms with van der Waals surface area (Å²) in [5.41, 5.74) is -1.39. The van der Waals surface area contributed by atoms with E-state index in [1.165, 1.54) is 24.3 Å². The van der Waals surface area contributed by atoms with Crippen LogP contribution >= 0.6 is 0 Å². The molecule has 2 saturated heterocycles. The van der Waals surface area contributed by atoms with Crippen LogP contribution in [0.3, 0.4) is 0 Å². The molecule has 44 heavy (non-hydrogen) atoms. The second-order valence-corrected chi connectivity index (χ2v) is 11.6. The first-order chi connectivity index (χ1) is 20.8. The number of hydrogen-bond acceptors (Lipinski definition) is 6. The summed E-state index contributed by atoms with van der Waals surface area (Å²) in [6.07, 6.45) is -4.20. The Morgan fingerprint density at radius 2 is 1.57 bits per heavy atom. The summed E-state index contributed by atoms with van der Waals surface area (Å²) in [7, 11) is 1.99. The van der Waals surface area contributed by atoms with Crippen LogP contribution in [0.5, 0.6) is 0 Å². The van der Waals surface area contributed by atoms with Gasteiger partial charge in [-0.3, -0.25) is 19.4 Å². The topological polar surface area (TPSA) is 74.9 Å². The number of halogens is 5. The number of H-pyrrole nitrogens is 1. The Morgan fingerprint density at radius 1 is 0.932 bits per heavy atom. The lowest BCUT2D eigenvalue weighted by Crippen LogP contribution is -2.55. The van der Waals surface area contributed by atoms with Crippen molar-refractivity contribution in [3.05, 3.63) is 87.3 Å². The predicted molar refractivity (Wildman–Crippen MR) is 159 cm³/mol. The molecule has 2 N–H and O–H groups in total. The van der Waals surface area contributed by atoms with Crippen LogP contribution in [0.4, 0.5) is 39.0 Å². The number of alkyl halides is 3. The molecule has 0 bridgehead atoms. The van der Waals surface area contributed by atoms with E-state index in [2.05, 4.69) is 20.1 Å². The third kappa shape index (κ3) is 6.88. The number of carbonyl (C=O) groups excluding carboxylic acids is 1. The molecule has 5 rings (SSSR count). The number of hydrogen-bond donors (Lipinski definition) is 2. The Morgan fingerprint density at radius 3 is 2.18 bits per heavy atom. The molecule has 0 spiro atoms. The number of amides is 1. The van der Waals surface area contributed by atoms with Crippen LogP contribution in [0.1, 0.15) is 35.3 Å². The number of pyridine rings is 1. The highest BCUT2D eigenvalue weighted by atomic mass is 19.4. The fourth-order valence-electron chi connectivity index (χ4n) is 5.84. The third-order valence-corrected chi connectivity index (χ3v) is 8.52. The van der Waals surface area contributed by atoms with Crippen molar-refractivity contribution >= 4 is 23.0 Å². The normalized spacial score (nSPS) is 20.2. The average molecular weight is 619 g/mol. The quantitative estimate of drug-likeness (QED) is 0.388. The average Bonchev–Trinajstić information content (AvgIpc) is 2.97. The van der Waals surface area contributed by atoms with E-state index in [4.69, 9.17) is 0 Å². The predicted octanol–water partition coefficient (Wildman–Crippen LogP) is 4.78. The van der Waals surface area contributed by atoms with E-state index in [0.717, 1.165) is 11.8 Å².